The van der Waals surface area contributed by atoms with Crippen LogP contribution in [0, 0.1) is 5.92 Å². The number of carbonyl (C=O) groups is 1. The molecule has 1 heterocycles. The molecule has 1 N–H and O–H groups in total. The van der Waals surface area contributed by atoms with Gasteiger partial charge in [-0.25, -0.2) is 4.98 Å². The van der Waals surface area contributed by atoms with Crippen molar-refractivity contribution >= 4 is 5.91 Å². The summed E-state index contributed by atoms with van der Waals surface area (Å²) in [6.45, 7) is 10.4. The van der Waals surface area contributed by atoms with E-state index in [1.807, 2.05) is 37.3 Å². The van der Waals surface area contributed by atoms with Gasteiger partial charge in [0.25, 0.3) is 0 Å². The molecule has 0 bridgehead atoms. The van der Waals surface area contributed by atoms with Crippen LogP contribution in [0.15, 0.2) is 30.3 Å². The summed E-state index contributed by atoms with van der Waals surface area (Å²) in [5.41, 5.74) is 3.07. The minimum atomic E-state index is 0.00514. The minimum absolute atomic E-state index is 0.00514. The molecule has 30 heavy (non-hydrogen) atoms. The third-order valence-electron chi connectivity index (χ3n) is 5.83. The van der Waals surface area contributed by atoms with E-state index >= 15 is 0 Å². The third-order valence-corrected chi connectivity index (χ3v) is 5.83. The lowest BCUT2D eigenvalue weighted by Gasteiger charge is -2.19. The van der Waals surface area contributed by atoms with Gasteiger partial charge in [0.05, 0.1) is 12.3 Å². The molecular formula is C24H34N4O2. The first kappa shape index (κ1) is 22.2. The van der Waals surface area contributed by atoms with Crippen LogP contribution in [-0.2, 0) is 17.6 Å². The summed E-state index contributed by atoms with van der Waals surface area (Å²) < 4.78 is 5.88. The van der Waals surface area contributed by atoms with Crippen LogP contribution in [0.3, 0.4) is 0 Å². The summed E-state index contributed by atoms with van der Waals surface area (Å²) in [7, 11) is 0. The summed E-state index contributed by atoms with van der Waals surface area (Å²) >= 11 is 0. The number of nitrogens with one attached hydrogen (secondary N) is 1. The Kier molecular flexibility index (Phi) is 8.20. The molecule has 1 aliphatic carbocycles. The van der Waals surface area contributed by atoms with Crippen LogP contribution in [-0.4, -0.2) is 53.6 Å². The van der Waals surface area contributed by atoms with Crippen molar-refractivity contribution in [3.8, 4) is 17.3 Å². The van der Waals surface area contributed by atoms with Crippen molar-refractivity contribution in [1.29, 1.82) is 0 Å². The minimum Gasteiger partial charge on any atom is -0.478 e. The Morgan fingerprint density at radius 1 is 1.10 bits per heavy atom. The molecule has 0 saturated heterocycles. The van der Waals surface area contributed by atoms with Gasteiger partial charge in [-0.1, -0.05) is 44.2 Å². The van der Waals surface area contributed by atoms with Gasteiger partial charge in [0.15, 0.2) is 5.82 Å². The molecule has 2 aromatic rings. The van der Waals surface area contributed by atoms with Crippen molar-refractivity contribution in [2.24, 2.45) is 5.92 Å². The summed E-state index contributed by atoms with van der Waals surface area (Å²) in [5, 5.41) is 3.14. The lowest BCUT2D eigenvalue weighted by atomic mass is 9.99. The number of fused-ring (bicyclic) bond motifs is 1. The SMILES string of the molecule is CCOc1nc(-c2ccccc2)nc2c1CCC(C(=O)NCCN(CC)CC)CC2. The molecule has 1 amide bonds. The number of carbonyl (C=O) groups excluding carboxylic acids is 1. The molecule has 1 aliphatic rings. The quantitative estimate of drug-likeness (QED) is 0.641. The first-order chi connectivity index (χ1) is 14.7. The van der Waals surface area contributed by atoms with Crippen LogP contribution in [0.25, 0.3) is 11.4 Å². The Hall–Kier alpha value is -2.47. The van der Waals surface area contributed by atoms with Gasteiger partial charge in [-0.15, -0.1) is 0 Å². The number of likely N-dealkylation sites (N-methyl/N-ethyl adjacent to an activating group) is 1. The maximum absolute atomic E-state index is 12.8. The van der Waals surface area contributed by atoms with Gasteiger partial charge in [-0.3, -0.25) is 4.79 Å². The first-order valence-electron chi connectivity index (χ1n) is 11.2. The molecule has 0 fully saturated rings. The molecule has 0 radical (unpaired) electrons. The number of hydrogen-bond donors (Lipinski definition) is 1. The van der Waals surface area contributed by atoms with E-state index in [0.717, 1.165) is 62.1 Å². The first-order valence-corrected chi connectivity index (χ1v) is 11.2. The molecule has 162 valence electrons. The van der Waals surface area contributed by atoms with Crippen molar-refractivity contribution in [2.45, 2.75) is 46.5 Å². The van der Waals surface area contributed by atoms with Crippen molar-refractivity contribution in [2.75, 3.05) is 32.8 Å². The molecule has 0 spiro atoms. The number of rotatable bonds is 9. The fourth-order valence-corrected chi connectivity index (χ4v) is 4.00. The van der Waals surface area contributed by atoms with Crippen LogP contribution in [0.1, 0.15) is 44.9 Å². The Labute approximate surface area is 180 Å². The number of ether oxygens (including phenoxy) is 1. The fourth-order valence-electron chi connectivity index (χ4n) is 4.00. The smallest absolute Gasteiger partial charge is 0.223 e. The van der Waals surface area contributed by atoms with Crippen LogP contribution in [0.2, 0.25) is 0 Å². The number of aryl methyl sites for hydroxylation is 1. The predicted octanol–water partition coefficient (Wildman–Crippen LogP) is 3.50. The van der Waals surface area contributed by atoms with Gasteiger partial charge in [0.1, 0.15) is 0 Å². The molecule has 3 rings (SSSR count). The van der Waals surface area contributed by atoms with E-state index in [9.17, 15) is 4.79 Å². The molecular weight excluding hydrogens is 376 g/mol. The molecule has 6 heteroatoms. The van der Waals surface area contributed by atoms with Gasteiger partial charge >= 0.3 is 0 Å². The topological polar surface area (TPSA) is 67.3 Å². The number of hydrogen-bond acceptors (Lipinski definition) is 5. The fraction of sp³-hybridized carbons (Fsp3) is 0.542. The van der Waals surface area contributed by atoms with Crippen LogP contribution in [0.4, 0.5) is 0 Å². The molecule has 0 aliphatic heterocycles. The molecule has 1 atom stereocenters. The van der Waals surface area contributed by atoms with Crippen LogP contribution < -0.4 is 10.1 Å². The second-order valence-corrected chi connectivity index (χ2v) is 7.67. The normalized spacial score (nSPS) is 16.1. The zero-order valence-corrected chi connectivity index (χ0v) is 18.5. The standard InChI is InChI=1S/C24H34N4O2/c1-4-28(5-2)17-16-25-23(29)19-12-14-20-21(15-13-19)26-22(27-24(20)30-6-3)18-10-8-7-9-11-18/h7-11,19H,4-6,12-17H2,1-3H3,(H,25,29). The Bertz CT molecular complexity index is 821. The molecule has 0 saturated carbocycles. The summed E-state index contributed by atoms with van der Waals surface area (Å²) in [5.74, 6) is 1.53. The third kappa shape index (κ3) is 5.57. The van der Waals surface area contributed by atoms with E-state index in [0.29, 0.717) is 24.9 Å². The molecule has 1 unspecified atom stereocenters. The zero-order chi connectivity index (χ0) is 21.3. The number of amides is 1. The molecule has 1 aromatic heterocycles. The summed E-state index contributed by atoms with van der Waals surface area (Å²) in [6, 6.07) is 9.99. The number of benzene rings is 1. The number of nitrogens with zero attached hydrogens (tertiary/aromatic N) is 3. The van der Waals surface area contributed by atoms with E-state index in [1.54, 1.807) is 0 Å². The maximum atomic E-state index is 12.8. The van der Waals surface area contributed by atoms with Gasteiger partial charge in [0.2, 0.25) is 11.8 Å². The van der Waals surface area contributed by atoms with Crippen molar-refractivity contribution in [3.63, 3.8) is 0 Å². The van der Waals surface area contributed by atoms with E-state index in [1.165, 1.54) is 0 Å². The lowest BCUT2D eigenvalue weighted by Crippen LogP contribution is -2.37. The van der Waals surface area contributed by atoms with Crippen molar-refractivity contribution in [1.82, 2.24) is 20.2 Å². The maximum Gasteiger partial charge on any atom is 0.223 e. The Morgan fingerprint density at radius 2 is 1.83 bits per heavy atom. The second-order valence-electron chi connectivity index (χ2n) is 7.67. The highest BCUT2D eigenvalue weighted by atomic mass is 16.5. The van der Waals surface area contributed by atoms with Gasteiger partial charge in [-0.2, -0.15) is 4.98 Å². The lowest BCUT2D eigenvalue weighted by molar-refractivity contribution is -0.125. The van der Waals surface area contributed by atoms with Crippen LogP contribution in [0.5, 0.6) is 5.88 Å². The van der Waals surface area contributed by atoms with Gasteiger partial charge in [0, 0.05) is 30.1 Å². The second kappa shape index (κ2) is 11.1. The molecule has 1 aromatic carbocycles. The summed E-state index contributed by atoms with van der Waals surface area (Å²) in [4.78, 5) is 24.6. The average Bonchev–Trinajstić information content (AvgIpc) is 3.00. The van der Waals surface area contributed by atoms with E-state index in [-0.39, 0.29) is 11.8 Å². The Balaban J connectivity index is 1.71. The van der Waals surface area contributed by atoms with Crippen molar-refractivity contribution < 1.29 is 9.53 Å². The summed E-state index contributed by atoms with van der Waals surface area (Å²) in [6.07, 6.45) is 3.15. The van der Waals surface area contributed by atoms with Gasteiger partial charge in [-0.05, 0) is 45.7 Å². The average molecular weight is 411 g/mol. The predicted molar refractivity (Wildman–Crippen MR) is 120 cm³/mol. The van der Waals surface area contributed by atoms with Crippen molar-refractivity contribution in [3.05, 3.63) is 41.6 Å². The highest BCUT2D eigenvalue weighted by Crippen LogP contribution is 2.31. The highest BCUT2D eigenvalue weighted by molar-refractivity contribution is 5.78. The zero-order valence-electron chi connectivity index (χ0n) is 18.5. The highest BCUT2D eigenvalue weighted by Gasteiger charge is 2.26. The Morgan fingerprint density at radius 3 is 2.53 bits per heavy atom. The van der Waals surface area contributed by atoms with E-state index < -0.39 is 0 Å². The molecule has 6 nitrogen and oxygen atoms in total. The van der Waals surface area contributed by atoms with E-state index in [2.05, 4.69) is 24.1 Å². The van der Waals surface area contributed by atoms with Gasteiger partial charge < -0.3 is 15.0 Å². The van der Waals surface area contributed by atoms with E-state index in [4.69, 9.17) is 14.7 Å². The van der Waals surface area contributed by atoms with Crippen LogP contribution >= 0.6 is 0 Å². The monoisotopic (exact) mass is 410 g/mol. The largest absolute Gasteiger partial charge is 0.478 e. The number of aromatic nitrogens is 2.